The fourth-order valence-corrected chi connectivity index (χ4v) is 4.40. The van der Waals surface area contributed by atoms with Crippen molar-refractivity contribution in [2.45, 2.75) is 12.5 Å². The summed E-state index contributed by atoms with van der Waals surface area (Å²) in [7, 11) is 2.15. The second kappa shape index (κ2) is 6.87. The Kier molecular flexibility index (Phi) is 4.20. The van der Waals surface area contributed by atoms with Crippen LogP contribution in [0.1, 0.15) is 16.8 Å². The standard InChI is InChI=1S/C22H22N4O2/c1-25-12-11-16-13-26(14-19(16)25)22(27)18-10-6-5-9-17(18)21-23-20(24-28-21)15-7-3-2-4-8-15/h2-10,16,19H,11-14H2,1H3/t16-,19+/m0/s1. The Hall–Kier alpha value is -2.99. The van der Waals surface area contributed by atoms with Crippen molar-refractivity contribution in [3.05, 3.63) is 60.2 Å². The molecule has 5 rings (SSSR count). The van der Waals surface area contributed by atoms with Gasteiger partial charge in [0.2, 0.25) is 5.82 Å². The number of carbonyl (C=O) groups excluding carboxylic acids is 1. The van der Waals surface area contributed by atoms with Crippen LogP contribution in [-0.4, -0.2) is 58.6 Å². The maximum atomic E-state index is 13.3. The monoisotopic (exact) mass is 374 g/mol. The molecular weight excluding hydrogens is 352 g/mol. The van der Waals surface area contributed by atoms with Gasteiger partial charge >= 0.3 is 0 Å². The van der Waals surface area contributed by atoms with Crippen molar-refractivity contribution in [2.24, 2.45) is 5.92 Å². The minimum atomic E-state index is 0.0397. The molecule has 2 aliphatic rings. The van der Waals surface area contributed by atoms with E-state index in [0.717, 1.165) is 31.6 Å². The number of nitrogens with zero attached hydrogens (tertiary/aromatic N) is 4. The summed E-state index contributed by atoms with van der Waals surface area (Å²) in [6.07, 6.45) is 1.16. The Morgan fingerprint density at radius 3 is 2.68 bits per heavy atom. The van der Waals surface area contributed by atoms with Crippen LogP contribution in [-0.2, 0) is 0 Å². The van der Waals surface area contributed by atoms with E-state index in [1.807, 2.05) is 59.5 Å². The summed E-state index contributed by atoms with van der Waals surface area (Å²) in [6, 6.07) is 17.7. The minimum Gasteiger partial charge on any atom is -0.337 e. The quantitative estimate of drug-likeness (QED) is 0.705. The summed E-state index contributed by atoms with van der Waals surface area (Å²) in [5.74, 6) is 1.52. The van der Waals surface area contributed by atoms with E-state index in [1.54, 1.807) is 0 Å². The number of hydrogen-bond donors (Lipinski definition) is 0. The Morgan fingerprint density at radius 2 is 1.86 bits per heavy atom. The fourth-order valence-electron chi connectivity index (χ4n) is 4.40. The molecule has 1 aromatic heterocycles. The van der Waals surface area contributed by atoms with Crippen LogP contribution in [0, 0.1) is 5.92 Å². The molecule has 3 aromatic rings. The number of likely N-dealkylation sites (tertiary alicyclic amines) is 2. The third kappa shape index (κ3) is 2.90. The highest BCUT2D eigenvalue weighted by atomic mass is 16.5. The van der Waals surface area contributed by atoms with Crippen LogP contribution >= 0.6 is 0 Å². The van der Waals surface area contributed by atoms with Crippen LogP contribution in [0.4, 0.5) is 0 Å². The van der Waals surface area contributed by atoms with Crippen LogP contribution in [0.3, 0.4) is 0 Å². The molecule has 0 saturated carbocycles. The molecule has 6 nitrogen and oxygen atoms in total. The van der Waals surface area contributed by atoms with Gasteiger partial charge < -0.3 is 14.3 Å². The highest BCUT2D eigenvalue weighted by molar-refractivity contribution is 6.00. The first-order valence-corrected chi connectivity index (χ1v) is 9.69. The van der Waals surface area contributed by atoms with Gasteiger partial charge in [0, 0.05) is 24.7 Å². The Labute approximate surface area is 163 Å². The van der Waals surface area contributed by atoms with Crippen LogP contribution in [0.15, 0.2) is 59.1 Å². The van der Waals surface area contributed by atoms with E-state index < -0.39 is 0 Å². The van der Waals surface area contributed by atoms with E-state index in [4.69, 9.17) is 4.52 Å². The smallest absolute Gasteiger partial charge is 0.259 e. The Bertz CT molecular complexity index is 1000. The summed E-state index contributed by atoms with van der Waals surface area (Å²) < 4.78 is 5.51. The summed E-state index contributed by atoms with van der Waals surface area (Å²) in [5, 5.41) is 4.10. The van der Waals surface area contributed by atoms with E-state index >= 15 is 0 Å². The fraction of sp³-hybridized carbons (Fsp3) is 0.318. The van der Waals surface area contributed by atoms with Gasteiger partial charge in [-0.25, -0.2) is 0 Å². The molecule has 6 heteroatoms. The Balaban J connectivity index is 1.44. The summed E-state index contributed by atoms with van der Waals surface area (Å²) in [5.41, 5.74) is 2.19. The van der Waals surface area contributed by atoms with Gasteiger partial charge in [0.25, 0.3) is 11.8 Å². The predicted octanol–water partition coefficient (Wildman–Crippen LogP) is 3.18. The first-order valence-electron chi connectivity index (χ1n) is 9.69. The van der Waals surface area contributed by atoms with Crippen LogP contribution in [0.2, 0.25) is 0 Å². The lowest BCUT2D eigenvalue weighted by Crippen LogP contribution is -2.35. The molecule has 0 radical (unpaired) electrons. The third-order valence-electron chi connectivity index (χ3n) is 5.96. The number of likely N-dealkylation sites (N-methyl/N-ethyl adjacent to an activating group) is 1. The molecule has 0 spiro atoms. The molecule has 0 unspecified atom stereocenters. The highest BCUT2D eigenvalue weighted by Crippen LogP contribution is 2.32. The van der Waals surface area contributed by atoms with E-state index in [0.29, 0.717) is 34.8 Å². The third-order valence-corrected chi connectivity index (χ3v) is 5.96. The number of rotatable bonds is 3. The summed E-state index contributed by atoms with van der Waals surface area (Å²) in [6.45, 7) is 2.73. The van der Waals surface area contributed by atoms with Gasteiger partial charge in [-0.2, -0.15) is 4.98 Å². The number of fused-ring (bicyclic) bond motifs is 1. The zero-order chi connectivity index (χ0) is 19.1. The summed E-state index contributed by atoms with van der Waals surface area (Å²) in [4.78, 5) is 22.1. The molecule has 2 fully saturated rings. The molecule has 0 aliphatic carbocycles. The molecule has 0 N–H and O–H groups in total. The maximum Gasteiger partial charge on any atom is 0.259 e. The number of hydrogen-bond acceptors (Lipinski definition) is 5. The van der Waals surface area contributed by atoms with Crippen LogP contribution < -0.4 is 0 Å². The van der Waals surface area contributed by atoms with Crippen molar-refractivity contribution in [3.8, 4) is 22.8 Å². The van der Waals surface area contributed by atoms with Gasteiger partial charge in [0.15, 0.2) is 0 Å². The van der Waals surface area contributed by atoms with Gasteiger partial charge in [-0.3, -0.25) is 4.79 Å². The predicted molar refractivity (Wildman–Crippen MR) is 106 cm³/mol. The van der Waals surface area contributed by atoms with Gasteiger partial charge in [-0.15, -0.1) is 0 Å². The normalized spacial score (nSPS) is 21.8. The molecule has 3 heterocycles. The molecule has 2 atom stereocenters. The van der Waals surface area contributed by atoms with E-state index in [-0.39, 0.29) is 5.91 Å². The second-order valence-electron chi connectivity index (χ2n) is 7.64. The molecule has 2 aliphatic heterocycles. The molecule has 142 valence electrons. The first kappa shape index (κ1) is 17.1. The van der Waals surface area contributed by atoms with Gasteiger partial charge in [0.1, 0.15) is 0 Å². The second-order valence-corrected chi connectivity index (χ2v) is 7.64. The maximum absolute atomic E-state index is 13.3. The SMILES string of the molecule is CN1CC[C@H]2CN(C(=O)c3ccccc3-c3nc(-c4ccccc4)no3)C[C@H]21. The molecule has 0 bridgehead atoms. The highest BCUT2D eigenvalue weighted by Gasteiger charge is 2.41. The van der Waals surface area contributed by atoms with Gasteiger partial charge in [-0.05, 0) is 38.1 Å². The van der Waals surface area contributed by atoms with Crippen molar-refractivity contribution in [1.29, 1.82) is 0 Å². The van der Waals surface area contributed by atoms with Crippen molar-refractivity contribution in [1.82, 2.24) is 19.9 Å². The van der Waals surface area contributed by atoms with Crippen molar-refractivity contribution in [3.63, 3.8) is 0 Å². The lowest BCUT2D eigenvalue weighted by atomic mass is 10.1. The van der Waals surface area contributed by atoms with Crippen LogP contribution in [0.25, 0.3) is 22.8 Å². The topological polar surface area (TPSA) is 62.5 Å². The molecular formula is C22H22N4O2. The van der Waals surface area contributed by atoms with Crippen LogP contribution in [0.5, 0.6) is 0 Å². The minimum absolute atomic E-state index is 0.0397. The Morgan fingerprint density at radius 1 is 1.07 bits per heavy atom. The lowest BCUT2D eigenvalue weighted by Gasteiger charge is -2.21. The zero-order valence-corrected chi connectivity index (χ0v) is 15.8. The molecule has 2 saturated heterocycles. The number of benzene rings is 2. The van der Waals surface area contributed by atoms with Gasteiger partial charge in [-0.1, -0.05) is 47.6 Å². The van der Waals surface area contributed by atoms with E-state index in [2.05, 4.69) is 22.1 Å². The summed E-state index contributed by atoms with van der Waals surface area (Å²) >= 11 is 0. The average Bonchev–Trinajstić information content (AvgIpc) is 3.46. The average molecular weight is 374 g/mol. The molecule has 1 amide bonds. The van der Waals surface area contributed by atoms with Gasteiger partial charge in [0.05, 0.1) is 11.1 Å². The number of amides is 1. The zero-order valence-electron chi connectivity index (χ0n) is 15.8. The van der Waals surface area contributed by atoms with Crippen molar-refractivity contribution in [2.75, 3.05) is 26.7 Å². The number of aromatic nitrogens is 2. The van der Waals surface area contributed by atoms with Crippen molar-refractivity contribution < 1.29 is 9.32 Å². The lowest BCUT2D eigenvalue weighted by molar-refractivity contribution is 0.0775. The molecule has 28 heavy (non-hydrogen) atoms. The largest absolute Gasteiger partial charge is 0.337 e. The number of carbonyl (C=O) groups is 1. The molecule has 2 aromatic carbocycles. The first-order chi connectivity index (χ1) is 13.7. The van der Waals surface area contributed by atoms with Crippen molar-refractivity contribution >= 4 is 5.91 Å². The van der Waals surface area contributed by atoms with E-state index in [1.165, 1.54) is 0 Å². The van der Waals surface area contributed by atoms with E-state index in [9.17, 15) is 4.79 Å².